The first-order chi connectivity index (χ1) is 13.2. The van der Waals surface area contributed by atoms with Crippen LogP contribution in [-0.4, -0.2) is 40.0 Å². The summed E-state index contributed by atoms with van der Waals surface area (Å²) < 4.78 is 20.2. The number of nitrogen functional groups attached to an aromatic ring is 1. The van der Waals surface area contributed by atoms with Gasteiger partial charge in [-0.2, -0.15) is 4.98 Å². The van der Waals surface area contributed by atoms with Gasteiger partial charge in [0, 0.05) is 13.7 Å². The fourth-order valence-electron chi connectivity index (χ4n) is 2.75. The van der Waals surface area contributed by atoms with Crippen LogP contribution in [0.2, 0.25) is 0 Å². The second-order valence-corrected chi connectivity index (χ2v) is 6.72. The lowest BCUT2D eigenvalue weighted by Gasteiger charge is -2.07. The van der Waals surface area contributed by atoms with Crippen molar-refractivity contribution in [2.24, 2.45) is 0 Å². The summed E-state index contributed by atoms with van der Waals surface area (Å²) in [5.74, 6) is 0.437. The summed E-state index contributed by atoms with van der Waals surface area (Å²) in [5.41, 5.74) is 8.02. The molecule has 1 aromatic carbocycles. The van der Waals surface area contributed by atoms with E-state index in [2.05, 4.69) is 20.4 Å². The molecule has 3 aromatic heterocycles. The molecule has 0 saturated carbocycles. The SMILES string of the molecule is COCCNc1nc(-c2cccs2)c2c(N)n(-c3cccc(F)c3)nc2n1. The number of aromatic nitrogens is 4. The number of nitrogens with two attached hydrogens (primary N) is 1. The standard InChI is InChI=1S/C18H17FN6OS/c1-26-8-7-21-18-22-15(13-6-3-9-27-13)14-16(20)25(24-17(14)23-18)12-5-2-4-11(19)10-12/h2-6,9-10H,7-8,20H2,1H3,(H,21,23,24). The van der Waals surface area contributed by atoms with Crippen molar-refractivity contribution >= 4 is 34.1 Å². The zero-order chi connectivity index (χ0) is 18.8. The van der Waals surface area contributed by atoms with Crippen LogP contribution >= 0.6 is 11.3 Å². The Morgan fingerprint density at radius 1 is 1.26 bits per heavy atom. The summed E-state index contributed by atoms with van der Waals surface area (Å²) >= 11 is 1.55. The molecule has 3 heterocycles. The van der Waals surface area contributed by atoms with Crippen LogP contribution in [0, 0.1) is 5.82 Å². The highest BCUT2D eigenvalue weighted by Gasteiger charge is 2.19. The third-order valence-corrected chi connectivity index (χ3v) is 4.84. The zero-order valence-corrected chi connectivity index (χ0v) is 15.3. The van der Waals surface area contributed by atoms with E-state index in [1.807, 2.05) is 17.5 Å². The number of benzene rings is 1. The van der Waals surface area contributed by atoms with Crippen molar-refractivity contribution in [3.63, 3.8) is 0 Å². The maximum Gasteiger partial charge on any atom is 0.225 e. The van der Waals surface area contributed by atoms with Gasteiger partial charge in [0.05, 0.1) is 28.3 Å². The van der Waals surface area contributed by atoms with Crippen molar-refractivity contribution in [3.05, 3.63) is 47.6 Å². The normalized spacial score (nSPS) is 11.2. The molecule has 3 N–H and O–H groups in total. The lowest BCUT2D eigenvalue weighted by atomic mass is 10.2. The molecule has 0 fully saturated rings. The minimum absolute atomic E-state index is 0.363. The van der Waals surface area contributed by atoms with E-state index in [-0.39, 0.29) is 5.82 Å². The van der Waals surface area contributed by atoms with Crippen LogP contribution in [0.4, 0.5) is 16.2 Å². The van der Waals surface area contributed by atoms with E-state index in [4.69, 9.17) is 10.5 Å². The third kappa shape index (κ3) is 3.34. The molecule has 0 aliphatic rings. The summed E-state index contributed by atoms with van der Waals surface area (Å²) in [6, 6.07) is 10.0. The Labute approximate surface area is 158 Å². The molecule has 0 spiro atoms. The van der Waals surface area contributed by atoms with E-state index in [9.17, 15) is 4.39 Å². The average molecular weight is 384 g/mol. The number of nitrogens with zero attached hydrogens (tertiary/aromatic N) is 4. The number of hydrogen-bond donors (Lipinski definition) is 2. The average Bonchev–Trinajstić information content (AvgIpc) is 3.30. The molecule has 138 valence electrons. The van der Waals surface area contributed by atoms with Gasteiger partial charge >= 0.3 is 0 Å². The fourth-order valence-corrected chi connectivity index (χ4v) is 3.47. The van der Waals surface area contributed by atoms with Crippen molar-refractivity contribution in [2.75, 3.05) is 31.3 Å². The van der Waals surface area contributed by atoms with Crippen LogP contribution in [0.1, 0.15) is 0 Å². The quantitative estimate of drug-likeness (QED) is 0.496. The lowest BCUT2D eigenvalue weighted by molar-refractivity contribution is 0.210. The van der Waals surface area contributed by atoms with Gasteiger partial charge in [-0.15, -0.1) is 16.4 Å². The smallest absolute Gasteiger partial charge is 0.225 e. The number of nitrogens with one attached hydrogen (secondary N) is 1. The van der Waals surface area contributed by atoms with Crippen LogP contribution in [-0.2, 0) is 4.74 Å². The van der Waals surface area contributed by atoms with Crippen molar-refractivity contribution in [1.29, 1.82) is 0 Å². The minimum atomic E-state index is -0.363. The molecule has 0 saturated heterocycles. The summed E-state index contributed by atoms with van der Waals surface area (Å²) in [6.07, 6.45) is 0. The van der Waals surface area contributed by atoms with Crippen LogP contribution in [0.15, 0.2) is 41.8 Å². The van der Waals surface area contributed by atoms with Crippen molar-refractivity contribution in [2.45, 2.75) is 0 Å². The highest BCUT2D eigenvalue weighted by molar-refractivity contribution is 7.13. The van der Waals surface area contributed by atoms with Gasteiger partial charge in [-0.3, -0.25) is 0 Å². The first kappa shape index (κ1) is 17.4. The van der Waals surface area contributed by atoms with Crippen molar-refractivity contribution in [1.82, 2.24) is 19.7 Å². The molecule has 0 bridgehead atoms. The number of methoxy groups -OCH3 is 1. The fraction of sp³-hybridized carbons (Fsp3) is 0.167. The number of fused-ring (bicyclic) bond motifs is 1. The van der Waals surface area contributed by atoms with Crippen LogP contribution in [0.3, 0.4) is 0 Å². The Morgan fingerprint density at radius 2 is 2.15 bits per heavy atom. The molecule has 9 heteroatoms. The highest BCUT2D eigenvalue weighted by atomic mass is 32.1. The molecule has 0 aliphatic heterocycles. The van der Waals surface area contributed by atoms with Gasteiger partial charge < -0.3 is 15.8 Å². The Hall–Kier alpha value is -3.04. The van der Waals surface area contributed by atoms with Gasteiger partial charge in [-0.1, -0.05) is 12.1 Å². The first-order valence-electron chi connectivity index (χ1n) is 8.26. The summed E-state index contributed by atoms with van der Waals surface area (Å²) in [6.45, 7) is 1.08. The van der Waals surface area contributed by atoms with Gasteiger partial charge in [0.25, 0.3) is 0 Å². The molecule has 4 rings (SSSR count). The van der Waals surface area contributed by atoms with Gasteiger partial charge in [-0.25, -0.2) is 14.1 Å². The number of halogens is 1. The molecule has 7 nitrogen and oxygen atoms in total. The maximum atomic E-state index is 13.6. The Morgan fingerprint density at radius 3 is 2.89 bits per heavy atom. The summed E-state index contributed by atoms with van der Waals surface area (Å²) in [4.78, 5) is 10.0. The number of thiophene rings is 1. The topological polar surface area (TPSA) is 90.9 Å². The van der Waals surface area contributed by atoms with Gasteiger partial charge in [-0.05, 0) is 29.6 Å². The molecule has 27 heavy (non-hydrogen) atoms. The van der Waals surface area contributed by atoms with E-state index in [0.717, 1.165) is 4.88 Å². The van der Waals surface area contributed by atoms with E-state index in [1.54, 1.807) is 30.6 Å². The number of hydrogen-bond acceptors (Lipinski definition) is 7. The molecular weight excluding hydrogens is 367 g/mol. The molecule has 0 amide bonds. The molecule has 4 aromatic rings. The molecule has 0 unspecified atom stereocenters. The predicted molar refractivity (Wildman–Crippen MR) is 105 cm³/mol. The summed E-state index contributed by atoms with van der Waals surface area (Å²) in [7, 11) is 1.63. The third-order valence-electron chi connectivity index (χ3n) is 3.97. The van der Waals surface area contributed by atoms with Crippen molar-refractivity contribution < 1.29 is 9.13 Å². The second-order valence-electron chi connectivity index (χ2n) is 5.77. The van der Waals surface area contributed by atoms with E-state index in [0.29, 0.717) is 47.3 Å². The highest BCUT2D eigenvalue weighted by Crippen LogP contribution is 2.34. The second kappa shape index (κ2) is 7.29. The van der Waals surface area contributed by atoms with E-state index < -0.39 is 0 Å². The van der Waals surface area contributed by atoms with Crippen LogP contribution in [0.5, 0.6) is 0 Å². The summed E-state index contributed by atoms with van der Waals surface area (Å²) in [5, 5.41) is 10.2. The largest absolute Gasteiger partial charge is 0.383 e. The Bertz CT molecular complexity index is 1080. The molecule has 0 aliphatic carbocycles. The maximum absolute atomic E-state index is 13.6. The molecule has 0 radical (unpaired) electrons. The Kier molecular flexibility index (Phi) is 4.69. The van der Waals surface area contributed by atoms with Gasteiger partial charge in [0.1, 0.15) is 11.6 Å². The van der Waals surface area contributed by atoms with E-state index >= 15 is 0 Å². The van der Waals surface area contributed by atoms with Crippen molar-refractivity contribution in [3.8, 4) is 16.3 Å². The lowest BCUT2D eigenvalue weighted by Crippen LogP contribution is -2.10. The minimum Gasteiger partial charge on any atom is -0.383 e. The Balaban J connectivity index is 1.89. The first-order valence-corrected chi connectivity index (χ1v) is 9.14. The predicted octanol–water partition coefficient (Wildman–Crippen LogP) is 3.32. The van der Waals surface area contributed by atoms with Crippen LogP contribution < -0.4 is 11.1 Å². The van der Waals surface area contributed by atoms with E-state index in [1.165, 1.54) is 16.8 Å². The molecule has 0 atom stereocenters. The number of anilines is 2. The zero-order valence-electron chi connectivity index (χ0n) is 14.5. The number of rotatable bonds is 6. The van der Waals surface area contributed by atoms with Gasteiger partial charge in [0.2, 0.25) is 5.95 Å². The monoisotopic (exact) mass is 384 g/mol. The van der Waals surface area contributed by atoms with Crippen LogP contribution in [0.25, 0.3) is 27.3 Å². The number of ether oxygens (including phenoxy) is 1. The molecular formula is C18H17FN6OS. The van der Waals surface area contributed by atoms with Gasteiger partial charge in [0.15, 0.2) is 5.65 Å².